The summed E-state index contributed by atoms with van der Waals surface area (Å²) in [5.74, 6) is -0.903. The van der Waals surface area contributed by atoms with Gasteiger partial charge in [0.2, 0.25) is 0 Å². The van der Waals surface area contributed by atoms with E-state index in [1.807, 2.05) is 12.1 Å². The van der Waals surface area contributed by atoms with Gasteiger partial charge in [-0.15, -0.1) is 0 Å². The third-order valence-corrected chi connectivity index (χ3v) is 1.73. The zero-order valence-corrected chi connectivity index (χ0v) is 7.53. The molecule has 4 heteroatoms. The molecule has 0 saturated heterocycles. The summed E-state index contributed by atoms with van der Waals surface area (Å²) in [6, 6.07) is 9.15. The SMILES string of the molecule is N#Cc1ccccc1CNCC(=O)O. The van der Waals surface area contributed by atoms with Gasteiger partial charge < -0.3 is 10.4 Å². The van der Waals surface area contributed by atoms with E-state index in [4.69, 9.17) is 10.4 Å². The van der Waals surface area contributed by atoms with Crippen LogP contribution in [-0.4, -0.2) is 17.6 Å². The Bertz CT molecular complexity index is 369. The summed E-state index contributed by atoms with van der Waals surface area (Å²) in [6.45, 7) is 0.301. The van der Waals surface area contributed by atoms with Crippen molar-refractivity contribution < 1.29 is 9.90 Å². The van der Waals surface area contributed by atoms with Crippen molar-refractivity contribution in [2.24, 2.45) is 0 Å². The maximum atomic E-state index is 10.2. The van der Waals surface area contributed by atoms with Crippen LogP contribution >= 0.6 is 0 Å². The van der Waals surface area contributed by atoms with Crippen molar-refractivity contribution in [2.45, 2.75) is 6.54 Å². The average Bonchev–Trinajstić information content (AvgIpc) is 2.18. The van der Waals surface area contributed by atoms with Crippen molar-refractivity contribution in [1.82, 2.24) is 5.32 Å². The van der Waals surface area contributed by atoms with E-state index in [9.17, 15) is 4.79 Å². The van der Waals surface area contributed by atoms with Crippen LogP contribution in [0.3, 0.4) is 0 Å². The first-order chi connectivity index (χ1) is 6.74. The highest BCUT2D eigenvalue weighted by Gasteiger charge is 2.00. The number of nitrogens with one attached hydrogen (secondary N) is 1. The molecule has 0 radical (unpaired) electrons. The molecule has 0 amide bonds. The summed E-state index contributed by atoms with van der Waals surface area (Å²) in [5, 5.41) is 19.8. The van der Waals surface area contributed by atoms with Crippen LogP contribution in [0.25, 0.3) is 0 Å². The van der Waals surface area contributed by atoms with Crippen molar-refractivity contribution in [3.8, 4) is 6.07 Å². The standard InChI is InChI=1S/C10H10N2O2/c11-5-8-3-1-2-4-9(8)6-12-7-10(13)14/h1-4,12H,6-7H2,(H,13,14). The Balaban J connectivity index is 2.59. The molecule has 0 aromatic heterocycles. The first-order valence-corrected chi connectivity index (χ1v) is 4.14. The van der Waals surface area contributed by atoms with E-state index >= 15 is 0 Å². The number of benzene rings is 1. The van der Waals surface area contributed by atoms with Crippen LogP contribution in [-0.2, 0) is 11.3 Å². The van der Waals surface area contributed by atoms with Crippen molar-refractivity contribution in [2.75, 3.05) is 6.54 Å². The van der Waals surface area contributed by atoms with Crippen LogP contribution < -0.4 is 5.32 Å². The van der Waals surface area contributed by atoms with Crippen molar-refractivity contribution in [3.63, 3.8) is 0 Å². The zero-order valence-electron chi connectivity index (χ0n) is 7.53. The molecule has 72 valence electrons. The molecule has 2 N–H and O–H groups in total. The van der Waals surface area contributed by atoms with E-state index in [0.29, 0.717) is 12.1 Å². The fourth-order valence-corrected chi connectivity index (χ4v) is 1.09. The van der Waals surface area contributed by atoms with Crippen LogP contribution in [0.4, 0.5) is 0 Å². The van der Waals surface area contributed by atoms with Crippen LogP contribution in [0, 0.1) is 11.3 Å². The fraction of sp³-hybridized carbons (Fsp3) is 0.200. The number of hydrogen-bond donors (Lipinski definition) is 2. The van der Waals surface area contributed by atoms with Gasteiger partial charge >= 0.3 is 5.97 Å². The molecule has 0 heterocycles. The fourth-order valence-electron chi connectivity index (χ4n) is 1.09. The van der Waals surface area contributed by atoms with Gasteiger partial charge in [0.15, 0.2) is 0 Å². The monoisotopic (exact) mass is 190 g/mol. The lowest BCUT2D eigenvalue weighted by Crippen LogP contribution is -2.22. The number of carboxylic acids is 1. The van der Waals surface area contributed by atoms with Gasteiger partial charge in [-0.1, -0.05) is 18.2 Å². The Kier molecular flexibility index (Phi) is 3.65. The highest BCUT2D eigenvalue weighted by atomic mass is 16.4. The summed E-state index contributed by atoms with van der Waals surface area (Å²) in [6.07, 6.45) is 0. The van der Waals surface area contributed by atoms with Gasteiger partial charge in [0.1, 0.15) is 0 Å². The van der Waals surface area contributed by atoms with Gasteiger partial charge in [-0.3, -0.25) is 4.79 Å². The van der Waals surface area contributed by atoms with Gasteiger partial charge in [0.05, 0.1) is 18.2 Å². The Hall–Kier alpha value is -1.86. The lowest BCUT2D eigenvalue weighted by Gasteiger charge is -2.03. The van der Waals surface area contributed by atoms with Crippen molar-refractivity contribution in [3.05, 3.63) is 35.4 Å². The van der Waals surface area contributed by atoms with Crippen LogP contribution in [0.1, 0.15) is 11.1 Å². The third-order valence-electron chi connectivity index (χ3n) is 1.73. The Morgan fingerprint density at radius 3 is 2.86 bits per heavy atom. The Labute approximate surface area is 81.8 Å². The number of carboxylic acid groups (broad SMARTS) is 1. The van der Waals surface area contributed by atoms with E-state index in [1.54, 1.807) is 18.2 Å². The second kappa shape index (κ2) is 5.00. The second-order valence-corrected chi connectivity index (χ2v) is 2.77. The molecule has 0 saturated carbocycles. The van der Waals surface area contributed by atoms with Crippen molar-refractivity contribution >= 4 is 5.97 Å². The summed E-state index contributed by atoms with van der Waals surface area (Å²) in [7, 11) is 0. The Morgan fingerprint density at radius 2 is 2.21 bits per heavy atom. The molecule has 0 spiro atoms. The van der Waals surface area contributed by atoms with E-state index in [0.717, 1.165) is 5.56 Å². The van der Waals surface area contributed by atoms with Gasteiger partial charge in [0, 0.05) is 6.54 Å². The van der Waals surface area contributed by atoms with Crippen LogP contribution in [0.5, 0.6) is 0 Å². The summed E-state index contributed by atoms with van der Waals surface area (Å²) in [5.41, 5.74) is 1.39. The topological polar surface area (TPSA) is 73.1 Å². The first-order valence-electron chi connectivity index (χ1n) is 4.14. The molecule has 0 aliphatic heterocycles. The lowest BCUT2D eigenvalue weighted by atomic mass is 10.1. The normalized spacial score (nSPS) is 9.36. The minimum atomic E-state index is -0.903. The van der Waals surface area contributed by atoms with Crippen molar-refractivity contribution in [1.29, 1.82) is 5.26 Å². The molecule has 4 nitrogen and oxygen atoms in total. The molecule has 14 heavy (non-hydrogen) atoms. The van der Waals surface area contributed by atoms with E-state index in [2.05, 4.69) is 5.32 Å². The summed E-state index contributed by atoms with van der Waals surface area (Å²) in [4.78, 5) is 10.2. The zero-order chi connectivity index (χ0) is 10.4. The van der Waals surface area contributed by atoms with E-state index in [-0.39, 0.29) is 6.54 Å². The third kappa shape index (κ3) is 2.88. The maximum Gasteiger partial charge on any atom is 0.317 e. The maximum absolute atomic E-state index is 10.2. The minimum absolute atomic E-state index is 0.0975. The second-order valence-electron chi connectivity index (χ2n) is 2.77. The molecule has 1 aromatic carbocycles. The molecule has 0 aliphatic carbocycles. The van der Waals surface area contributed by atoms with E-state index in [1.165, 1.54) is 0 Å². The number of nitriles is 1. The molecule has 1 aromatic rings. The van der Waals surface area contributed by atoms with Crippen LogP contribution in [0.15, 0.2) is 24.3 Å². The molecule has 0 aliphatic rings. The molecule has 0 fully saturated rings. The van der Waals surface area contributed by atoms with Crippen LogP contribution in [0.2, 0.25) is 0 Å². The predicted molar refractivity (Wildman–Crippen MR) is 50.5 cm³/mol. The average molecular weight is 190 g/mol. The number of hydrogen-bond acceptors (Lipinski definition) is 3. The number of rotatable bonds is 4. The summed E-state index contributed by atoms with van der Waals surface area (Å²) >= 11 is 0. The Morgan fingerprint density at radius 1 is 1.50 bits per heavy atom. The number of carbonyl (C=O) groups is 1. The number of nitrogens with zero attached hydrogens (tertiary/aromatic N) is 1. The first kappa shape index (κ1) is 10.2. The van der Waals surface area contributed by atoms with Gasteiger partial charge in [-0.25, -0.2) is 0 Å². The summed E-state index contributed by atoms with van der Waals surface area (Å²) < 4.78 is 0. The molecular formula is C10H10N2O2. The number of aliphatic carboxylic acids is 1. The molecule has 0 bridgehead atoms. The van der Waals surface area contributed by atoms with E-state index < -0.39 is 5.97 Å². The van der Waals surface area contributed by atoms with Gasteiger partial charge in [-0.05, 0) is 11.6 Å². The highest BCUT2D eigenvalue weighted by molar-refractivity contribution is 5.69. The smallest absolute Gasteiger partial charge is 0.317 e. The largest absolute Gasteiger partial charge is 0.480 e. The van der Waals surface area contributed by atoms with Gasteiger partial charge in [-0.2, -0.15) is 5.26 Å². The quantitative estimate of drug-likeness (QED) is 0.734. The minimum Gasteiger partial charge on any atom is -0.480 e. The predicted octanol–water partition coefficient (Wildman–Crippen LogP) is 0.732. The highest BCUT2D eigenvalue weighted by Crippen LogP contribution is 2.06. The lowest BCUT2D eigenvalue weighted by molar-refractivity contribution is -0.135. The molecule has 0 atom stereocenters. The molecule has 1 rings (SSSR count). The molecular weight excluding hydrogens is 180 g/mol. The van der Waals surface area contributed by atoms with Gasteiger partial charge in [0.25, 0.3) is 0 Å². The molecule has 0 unspecified atom stereocenters.